The van der Waals surface area contributed by atoms with E-state index in [1.165, 1.54) is 0 Å². The van der Waals surface area contributed by atoms with Gasteiger partial charge in [-0.1, -0.05) is 11.6 Å². The predicted molar refractivity (Wildman–Crippen MR) is 86.1 cm³/mol. The van der Waals surface area contributed by atoms with E-state index < -0.39 is 0 Å². The number of ether oxygens (including phenoxy) is 1. The first kappa shape index (κ1) is 13.9. The van der Waals surface area contributed by atoms with E-state index in [0.29, 0.717) is 5.02 Å². The summed E-state index contributed by atoms with van der Waals surface area (Å²) >= 11 is 14.7. The van der Waals surface area contributed by atoms with Gasteiger partial charge < -0.3 is 10.5 Å². The zero-order chi connectivity index (χ0) is 13.6. The monoisotopic (exact) mass is 421 g/mol. The first-order valence-electron chi connectivity index (χ1n) is 5.71. The molecule has 19 heavy (non-hydrogen) atoms. The summed E-state index contributed by atoms with van der Waals surface area (Å²) in [5.41, 5.74) is 7.22. The third kappa shape index (κ3) is 2.72. The second kappa shape index (κ2) is 5.37. The maximum Gasteiger partial charge on any atom is 0.135 e. The molecule has 0 saturated heterocycles. The van der Waals surface area contributed by atoms with Gasteiger partial charge in [0.25, 0.3) is 0 Å². The van der Waals surface area contributed by atoms with Crippen molar-refractivity contribution in [2.75, 3.05) is 0 Å². The van der Waals surface area contributed by atoms with Gasteiger partial charge in [-0.25, -0.2) is 0 Å². The quantitative estimate of drug-likeness (QED) is 0.662. The lowest BCUT2D eigenvalue weighted by atomic mass is 9.97. The predicted octanol–water partition coefficient (Wildman–Crippen LogP) is 5.45. The van der Waals surface area contributed by atoms with E-state index >= 15 is 0 Å². The normalized spacial score (nSPS) is 21.9. The van der Waals surface area contributed by atoms with Crippen molar-refractivity contribution in [3.63, 3.8) is 0 Å². The Bertz CT molecular complexity index is 612. The summed E-state index contributed by atoms with van der Waals surface area (Å²) in [4.78, 5) is 1.16. The molecule has 6 heteroatoms. The molecule has 0 amide bonds. The molecular formula is C13H10Br2ClNOS. The molecule has 0 fully saturated rings. The summed E-state index contributed by atoms with van der Waals surface area (Å²) in [6.45, 7) is 0. The maximum atomic E-state index is 6.23. The van der Waals surface area contributed by atoms with E-state index in [4.69, 9.17) is 22.1 Å². The van der Waals surface area contributed by atoms with Crippen LogP contribution in [0.3, 0.4) is 0 Å². The first-order valence-corrected chi connectivity index (χ1v) is 8.49. The van der Waals surface area contributed by atoms with Gasteiger partial charge in [0.1, 0.15) is 11.9 Å². The van der Waals surface area contributed by atoms with Crippen LogP contribution in [-0.2, 0) is 0 Å². The average Bonchev–Trinajstić information content (AvgIpc) is 2.70. The molecule has 0 aliphatic carbocycles. The lowest BCUT2D eigenvalue weighted by molar-refractivity contribution is 0.165. The molecule has 0 radical (unpaired) electrons. The van der Waals surface area contributed by atoms with Crippen molar-refractivity contribution < 1.29 is 4.74 Å². The lowest BCUT2D eigenvalue weighted by Gasteiger charge is -2.29. The van der Waals surface area contributed by atoms with Crippen LogP contribution in [0.25, 0.3) is 0 Å². The van der Waals surface area contributed by atoms with Gasteiger partial charge in [-0.15, -0.1) is 11.3 Å². The summed E-state index contributed by atoms with van der Waals surface area (Å²) in [5, 5.41) is 0.692. The Morgan fingerprint density at radius 3 is 2.79 bits per heavy atom. The van der Waals surface area contributed by atoms with Crippen molar-refractivity contribution in [1.29, 1.82) is 0 Å². The van der Waals surface area contributed by atoms with Gasteiger partial charge in [-0.05, 0) is 56.1 Å². The molecule has 0 saturated carbocycles. The van der Waals surface area contributed by atoms with Crippen LogP contribution >= 0.6 is 54.8 Å². The third-order valence-electron chi connectivity index (χ3n) is 3.09. The van der Waals surface area contributed by atoms with Crippen molar-refractivity contribution in [3.8, 4) is 5.75 Å². The van der Waals surface area contributed by atoms with Gasteiger partial charge >= 0.3 is 0 Å². The highest BCUT2D eigenvalue weighted by atomic mass is 79.9. The molecule has 1 aromatic carbocycles. The molecule has 1 aliphatic heterocycles. The highest BCUT2D eigenvalue weighted by molar-refractivity contribution is 9.13. The number of halogens is 3. The summed E-state index contributed by atoms with van der Waals surface area (Å²) in [6, 6.07) is 7.63. The minimum absolute atomic E-state index is 0.00345. The highest BCUT2D eigenvalue weighted by Crippen LogP contribution is 2.44. The number of nitrogens with two attached hydrogens (primary N) is 1. The number of hydrogen-bond acceptors (Lipinski definition) is 3. The van der Waals surface area contributed by atoms with Crippen LogP contribution in [0, 0.1) is 0 Å². The van der Waals surface area contributed by atoms with Gasteiger partial charge in [-0.3, -0.25) is 0 Å². The van der Waals surface area contributed by atoms with Crippen molar-refractivity contribution in [2.24, 2.45) is 5.73 Å². The molecule has 1 aliphatic rings. The number of benzene rings is 1. The van der Waals surface area contributed by atoms with Crippen molar-refractivity contribution in [3.05, 3.63) is 48.0 Å². The van der Waals surface area contributed by atoms with E-state index in [-0.39, 0.29) is 12.1 Å². The number of hydrogen-bond donors (Lipinski definition) is 1. The first-order chi connectivity index (χ1) is 9.04. The van der Waals surface area contributed by atoms with Crippen LogP contribution in [0.5, 0.6) is 5.75 Å². The number of thiophene rings is 1. The molecule has 2 atom stereocenters. The second-order valence-corrected chi connectivity index (χ2v) is 8.09. The molecule has 2 N–H and O–H groups in total. The van der Waals surface area contributed by atoms with Crippen LogP contribution in [0.4, 0.5) is 0 Å². The van der Waals surface area contributed by atoms with Crippen molar-refractivity contribution in [2.45, 2.75) is 18.6 Å². The van der Waals surface area contributed by atoms with E-state index in [1.54, 1.807) is 11.3 Å². The van der Waals surface area contributed by atoms with Crippen LogP contribution in [0.1, 0.15) is 29.0 Å². The zero-order valence-corrected chi connectivity index (χ0v) is 14.4. The largest absolute Gasteiger partial charge is 0.484 e. The molecule has 3 rings (SSSR count). The average molecular weight is 424 g/mol. The van der Waals surface area contributed by atoms with Gasteiger partial charge in [0.2, 0.25) is 0 Å². The Morgan fingerprint density at radius 2 is 2.11 bits per heavy atom. The lowest BCUT2D eigenvalue weighted by Crippen LogP contribution is -2.23. The summed E-state index contributed by atoms with van der Waals surface area (Å²) in [5.74, 6) is 0.828. The standard InChI is InChI=1S/C13H10Br2ClNOS/c14-8-4-12(19-13(8)15)11-5-9(17)7-3-6(16)1-2-10(7)18-11/h1-4,9,11H,5,17H2/t9-,11?/m0/s1. The highest BCUT2D eigenvalue weighted by Gasteiger charge is 2.28. The molecule has 1 unspecified atom stereocenters. The van der Waals surface area contributed by atoms with Crippen molar-refractivity contribution >= 4 is 54.8 Å². The molecule has 1 aromatic heterocycles. The van der Waals surface area contributed by atoms with Crippen LogP contribution in [0.2, 0.25) is 5.02 Å². The Labute approximate surface area is 137 Å². The Balaban J connectivity index is 1.94. The molecule has 0 spiro atoms. The van der Waals surface area contributed by atoms with E-state index in [2.05, 4.69) is 37.9 Å². The number of rotatable bonds is 1. The van der Waals surface area contributed by atoms with Gasteiger partial charge in [0.15, 0.2) is 0 Å². The molecule has 100 valence electrons. The Hall–Kier alpha value is -0.0700. The SMILES string of the molecule is N[C@H]1CC(c2cc(Br)c(Br)s2)Oc2ccc(Cl)cc21. The van der Waals surface area contributed by atoms with Crippen LogP contribution < -0.4 is 10.5 Å². The fourth-order valence-electron chi connectivity index (χ4n) is 2.17. The Kier molecular flexibility index (Phi) is 3.93. The minimum atomic E-state index is -0.0490. The topological polar surface area (TPSA) is 35.2 Å². The van der Waals surface area contributed by atoms with Crippen molar-refractivity contribution in [1.82, 2.24) is 0 Å². The molecular weight excluding hydrogens is 413 g/mol. The van der Waals surface area contributed by atoms with Crippen LogP contribution in [0.15, 0.2) is 32.5 Å². The van der Waals surface area contributed by atoms with E-state index in [1.807, 2.05) is 18.2 Å². The smallest absolute Gasteiger partial charge is 0.135 e. The second-order valence-electron chi connectivity index (χ2n) is 4.40. The molecule has 2 aromatic rings. The van der Waals surface area contributed by atoms with E-state index in [9.17, 15) is 0 Å². The van der Waals surface area contributed by atoms with E-state index in [0.717, 1.165) is 30.9 Å². The third-order valence-corrected chi connectivity index (χ3v) is 6.67. The van der Waals surface area contributed by atoms with Crippen LogP contribution in [-0.4, -0.2) is 0 Å². The summed E-state index contributed by atoms with van der Waals surface area (Å²) in [7, 11) is 0. The summed E-state index contributed by atoms with van der Waals surface area (Å²) < 4.78 is 8.16. The number of fused-ring (bicyclic) bond motifs is 1. The summed E-state index contributed by atoms with van der Waals surface area (Å²) in [6.07, 6.45) is 0.753. The molecule has 0 bridgehead atoms. The van der Waals surface area contributed by atoms with Gasteiger partial charge in [0, 0.05) is 32.4 Å². The van der Waals surface area contributed by atoms with Gasteiger partial charge in [0.05, 0.1) is 3.79 Å². The maximum absolute atomic E-state index is 6.23. The minimum Gasteiger partial charge on any atom is -0.484 e. The molecule has 2 nitrogen and oxygen atoms in total. The fourth-order valence-corrected chi connectivity index (χ4v) is 4.48. The zero-order valence-electron chi connectivity index (χ0n) is 9.70. The molecule has 2 heterocycles. The fraction of sp³-hybridized carbons (Fsp3) is 0.231. The Morgan fingerprint density at radius 1 is 1.32 bits per heavy atom. The van der Waals surface area contributed by atoms with Gasteiger partial charge in [-0.2, -0.15) is 0 Å².